The molecule has 0 bridgehead atoms. The Labute approximate surface area is 81.4 Å². The summed E-state index contributed by atoms with van der Waals surface area (Å²) < 4.78 is 34.7. The predicted octanol–water partition coefficient (Wildman–Crippen LogP) is 3.03. The average Bonchev–Trinajstić information content (AvgIpc) is 2.18. The first-order chi connectivity index (χ1) is 6.69. The van der Waals surface area contributed by atoms with Gasteiger partial charge in [0.2, 0.25) is 0 Å². The van der Waals surface area contributed by atoms with Crippen molar-refractivity contribution < 1.29 is 18.3 Å². The molecule has 0 aliphatic heterocycles. The second kappa shape index (κ2) is 4.79. The summed E-state index contributed by atoms with van der Waals surface area (Å²) in [6.45, 7) is 2.30. The number of rotatable bonds is 4. The first-order valence-corrected chi connectivity index (χ1v) is 4.28. The van der Waals surface area contributed by atoms with Crippen LogP contribution >= 0.6 is 0 Å². The summed E-state index contributed by atoms with van der Waals surface area (Å²) >= 11 is 0. The molecule has 1 aromatic rings. The van der Waals surface area contributed by atoms with Crippen LogP contribution in [-0.4, -0.2) is 13.7 Å². The van der Waals surface area contributed by atoms with Crippen LogP contribution in [0.25, 0.3) is 0 Å². The molecule has 0 fully saturated rings. The van der Waals surface area contributed by atoms with E-state index in [4.69, 9.17) is 9.47 Å². The lowest BCUT2D eigenvalue weighted by Gasteiger charge is -2.10. The molecule has 1 rings (SSSR count). The van der Waals surface area contributed by atoms with Crippen LogP contribution < -0.4 is 9.47 Å². The zero-order chi connectivity index (χ0) is 10.6. The number of hydrogen-bond donors (Lipinski definition) is 0. The van der Waals surface area contributed by atoms with E-state index in [-0.39, 0.29) is 5.56 Å². The summed E-state index contributed by atoms with van der Waals surface area (Å²) in [5.74, 6) is 0.823. The highest BCUT2D eigenvalue weighted by Gasteiger charge is 2.11. The molecule has 0 aliphatic rings. The minimum Gasteiger partial charge on any atom is -0.493 e. The fourth-order valence-electron chi connectivity index (χ4n) is 1.09. The van der Waals surface area contributed by atoms with Gasteiger partial charge in [-0.25, -0.2) is 8.78 Å². The van der Waals surface area contributed by atoms with Crippen LogP contribution in [0.3, 0.4) is 0 Å². The summed E-state index contributed by atoms with van der Waals surface area (Å²) in [6.07, 6.45) is -2.49. The van der Waals surface area contributed by atoms with Gasteiger partial charge in [-0.1, -0.05) is 0 Å². The molecule has 0 amide bonds. The van der Waals surface area contributed by atoms with Gasteiger partial charge in [-0.2, -0.15) is 0 Å². The van der Waals surface area contributed by atoms with Crippen LogP contribution in [0.1, 0.15) is 18.9 Å². The summed E-state index contributed by atoms with van der Waals surface area (Å²) in [7, 11) is 1.42. The smallest absolute Gasteiger partial charge is 0.263 e. The average molecular weight is 202 g/mol. The van der Waals surface area contributed by atoms with Crippen molar-refractivity contribution in [2.24, 2.45) is 0 Å². The maximum absolute atomic E-state index is 12.3. The van der Waals surface area contributed by atoms with Gasteiger partial charge in [0.15, 0.2) is 11.5 Å². The Hall–Kier alpha value is -1.32. The lowest BCUT2D eigenvalue weighted by Crippen LogP contribution is -1.96. The number of methoxy groups -OCH3 is 1. The number of alkyl halides is 2. The zero-order valence-corrected chi connectivity index (χ0v) is 8.09. The molecule has 0 unspecified atom stereocenters. The van der Waals surface area contributed by atoms with Crippen molar-refractivity contribution in [3.8, 4) is 11.5 Å². The van der Waals surface area contributed by atoms with Gasteiger partial charge in [0.25, 0.3) is 6.43 Å². The SMILES string of the molecule is CCOc1ccc(C(F)F)cc1OC. The summed E-state index contributed by atoms with van der Waals surface area (Å²) in [5.41, 5.74) is -0.0645. The number of ether oxygens (including phenoxy) is 2. The summed E-state index contributed by atoms with van der Waals surface area (Å²) in [4.78, 5) is 0. The standard InChI is InChI=1S/C10H12F2O2/c1-3-14-8-5-4-7(10(11)12)6-9(8)13-2/h4-6,10H,3H2,1-2H3. The van der Waals surface area contributed by atoms with Crippen LogP contribution in [0.4, 0.5) is 8.78 Å². The molecule has 78 valence electrons. The third kappa shape index (κ3) is 2.34. The van der Waals surface area contributed by atoms with Crippen LogP contribution in [0.15, 0.2) is 18.2 Å². The van der Waals surface area contributed by atoms with E-state index < -0.39 is 6.43 Å². The largest absolute Gasteiger partial charge is 0.493 e. The Morgan fingerprint density at radius 3 is 2.50 bits per heavy atom. The van der Waals surface area contributed by atoms with Crippen LogP contribution in [0.2, 0.25) is 0 Å². The van der Waals surface area contributed by atoms with Crippen molar-refractivity contribution in [1.82, 2.24) is 0 Å². The third-order valence-electron chi connectivity index (χ3n) is 1.74. The Morgan fingerprint density at radius 2 is 2.00 bits per heavy atom. The number of hydrogen-bond acceptors (Lipinski definition) is 2. The molecule has 0 radical (unpaired) electrons. The lowest BCUT2D eigenvalue weighted by molar-refractivity contribution is 0.151. The van der Waals surface area contributed by atoms with E-state index >= 15 is 0 Å². The molecule has 0 atom stereocenters. The quantitative estimate of drug-likeness (QED) is 0.747. The highest BCUT2D eigenvalue weighted by Crippen LogP contribution is 2.31. The Morgan fingerprint density at radius 1 is 1.29 bits per heavy atom. The highest BCUT2D eigenvalue weighted by molar-refractivity contribution is 5.43. The molecule has 0 aliphatic carbocycles. The maximum atomic E-state index is 12.3. The minimum atomic E-state index is -2.49. The first kappa shape index (κ1) is 10.8. The molecule has 0 saturated carbocycles. The monoisotopic (exact) mass is 202 g/mol. The molecule has 2 nitrogen and oxygen atoms in total. The third-order valence-corrected chi connectivity index (χ3v) is 1.74. The topological polar surface area (TPSA) is 18.5 Å². The number of halogens is 2. The van der Waals surface area contributed by atoms with Crippen molar-refractivity contribution in [3.63, 3.8) is 0 Å². The fourth-order valence-corrected chi connectivity index (χ4v) is 1.09. The van der Waals surface area contributed by atoms with Gasteiger partial charge in [0, 0.05) is 5.56 Å². The fraction of sp³-hybridized carbons (Fsp3) is 0.400. The molecule has 0 heterocycles. The van der Waals surface area contributed by atoms with E-state index in [0.29, 0.717) is 18.1 Å². The van der Waals surface area contributed by atoms with Gasteiger partial charge >= 0.3 is 0 Å². The molecule has 0 N–H and O–H groups in total. The zero-order valence-electron chi connectivity index (χ0n) is 8.09. The maximum Gasteiger partial charge on any atom is 0.263 e. The van der Waals surface area contributed by atoms with Gasteiger partial charge < -0.3 is 9.47 Å². The van der Waals surface area contributed by atoms with E-state index in [1.165, 1.54) is 25.3 Å². The van der Waals surface area contributed by atoms with Crippen molar-refractivity contribution in [2.75, 3.05) is 13.7 Å². The normalized spacial score (nSPS) is 10.4. The van der Waals surface area contributed by atoms with Gasteiger partial charge in [-0.3, -0.25) is 0 Å². The molecule has 1 aromatic carbocycles. The molecule has 14 heavy (non-hydrogen) atoms. The highest BCUT2D eigenvalue weighted by atomic mass is 19.3. The minimum absolute atomic E-state index is 0.0645. The Bertz CT molecular complexity index is 300. The van der Waals surface area contributed by atoms with E-state index in [9.17, 15) is 8.78 Å². The molecule has 4 heteroatoms. The van der Waals surface area contributed by atoms with E-state index in [0.717, 1.165) is 0 Å². The molecule has 0 aromatic heterocycles. The van der Waals surface area contributed by atoms with Crippen LogP contribution in [0, 0.1) is 0 Å². The predicted molar refractivity (Wildman–Crippen MR) is 49.1 cm³/mol. The van der Waals surface area contributed by atoms with Gasteiger partial charge in [0.1, 0.15) is 0 Å². The Balaban J connectivity index is 2.98. The summed E-state index contributed by atoms with van der Waals surface area (Å²) in [5, 5.41) is 0. The van der Waals surface area contributed by atoms with Gasteiger partial charge in [-0.15, -0.1) is 0 Å². The van der Waals surface area contributed by atoms with E-state index in [1.54, 1.807) is 0 Å². The molecular weight excluding hydrogens is 190 g/mol. The second-order valence-electron chi connectivity index (χ2n) is 2.64. The van der Waals surface area contributed by atoms with Gasteiger partial charge in [-0.05, 0) is 25.1 Å². The van der Waals surface area contributed by atoms with E-state index in [1.807, 2.05) is 6.92 Å². The number of benzene rings is 1. The Kier molecular flexibility index (Phi) is 3.68. The first-order valence-electron chi connectivity index (χ1n) is 4.28. The van der Waals surface area contributed by atoms with Crippen LogP contribution in [0.5, 0.6) is 11.5 Å². The van der Waals surface area contributed by atoms with Crippen molar-refractivity contribution >= 4 is 0 Å². The van der Waals surface area contributed by atoms with Crippen molar-refractivity contribution in [2.45, 2.75) is 13.3 Å². The van der Waals surface area contributed by atoms with Crippen molar-refractivity contribution in [1.29, 1.82) is 0 Å². The van der Waals surface area contributed by atoms with E-state index in [2.05, 4.69) is 0 Å². The molecular formula is C10H12F2O2. The molecule has 0 saturated heterocycles. The van der Waals surface area contributed by atoms with Crippen molar-refractivity contribution in [3.05, 3.63) is 23.8 Å². The lowest BCUT2D eigenvalue weighted by atomic mass is 10.2. The second-order valence-corrected chi connectivity index (χ2v) is 2.64. The summed E-state index contributed by atoms with van der Waals surface area (Å²) in [6, 6.07) is 4.11. The van der Waals surface area contributed by atoms with Gasteiger partial charge in [0.05, 0.1) is 13.7 Å². The molecule has 0 spiro atoms. The van der Waals surface area contributed by atoms with Crippen LogP contribution in [-0.2, 0) is 0 Å².